The number of thiophene rings is 1. The van der Waals surface area contributed by atoms with E-state index < -0.39 is 5.60 Å². The topological polar surface area (TPSA) is 95.6 Å². The Morgan fingerprint density at radius 2 is 2.03 bits per heavy atom. The highest BCUT2D eigenvalue weighted by Gasteiger charge is 2.23. The van der Waals surface area contributed by atoms with Crippen LogP contribution in [0.5, 0.6) is 0 Å². The number of nitrogens with one attached hydrogen (secondary N) is 2. The maximum Gasteiger partial charge on any atom is 0.228 e. The van der Waals surface area contributed by atoms with Crippen LogP contribution in [0.3, 0.4) is 0 Å². The number of nitrogens with zero attached hydrogens (tertiary/aromatic N) is 3. The first-order valence-corrected chi connectivity index (χ1v) is 10.7. The summed E-state index contributed by atoms with van der Waals surface area (Å²) in [7, 11) is 0. The molecule has 0 bridgehead atoms. The maximum atomic E-state index is 10.6. The van der Waals surface area contributed by atoms with Gasteiger partial charge in [0.1, 0.15) is 5.60 Å². The Morgan fingerprint density at radius 3 is 2.70 bits per heavy atom. The molecule has 3 N–H and O–H groups in total. The van der Waals surface area contributed by atoms with Crippen LogP contribution in [0.2, 0.25) is 5.02 Å². The molecule has 7 nitrogen and oxygen atoms in total. The smallest absolute Gasteiger partial charge is 0.228 e. The molecule has 0 amide bonds. The second-order valence-corrected chi connectivity index (χ2v) is 7.89. The van der Waals surface area contributed by atoms with Crippen molar-refractivity contribution in [1.82, 2.24) is 20.8 Å². The fourth-order valence-corrected chi connectivity index (χ4v) is 3.51. The molecular weight excluding hydrogens is 537 g/mol. The molecule has 1 aromatic carbocycles. The lowest BCUT2D eigenvalue weighted by Gasteiger charge is -2.21. The lowest BCUT2D eigenvalue weighted by Crippen LogP contribution is -2.39. The first-order chi connectivity index (χ1) is 14.0. The Morgan fingerprint density at radius 1 is 1.27 bits per heavy atom. The minimum Gasteiger partial charge on any atom is -0.383 e. The molecule has 0 saturated heterocycles. The second kappa shape index (κ2) is 11.6. The molecular formula is C20H25ClIN5O2S. The number of aliphatic imine (C=N–C) groups is 1. The van der Waals surface area contributed by atoms with Gasteiger partial charge in [-0.05, 0) is 60.5 Å². The minimum absolute atomic E-state index is 0. The number of hydrogen-bond acceptors (Lipinski definition) is 6. The Labute approximate surface area is 202 Å². The van der Waals surface area contributed by atoms with Gasteiger partial charge in [0.25, 0.3) is 0 Å². The molecule has 0 aliphatic carbocycles. The third-order valence-electron chi connectivity index (χ3n) is 4.23. The van der Waals surface area contributed by atoms with Crippen molar-refractivity contribution in [3.8, 4) is 11.4 Å². The monoisotopic (exact) mass is 561 g/mol. The molecule has 162 valence electrons. The highest BCUT2D eigenvalue weighted by molar-refractivity contribution is 14.0. The minimum atomic E-state index is -1.01. The fourth-order valence-electron chi connectivity index (χ4n) is 2.60. The predicted molar refractivity (Wildman–Crippen MR) is 132 cm³/mol. The number of hydrogen-bond donors (Lipinski definition) is 3. The standard InChI is InChI=1S/C20H24ClN5O2S.HI/c1-3-22-19(24-13-20(2,27)15-9-11-29-12-15)23-10-8-17-25-18(26-28-17)14-4-6-16(21)7-5-14;/h4-7,9,11-12,27H,3,8,10,13H2,1-2H3,(H2,22,23,24);1H. The Hall–Kier alpha value is -1.69. The third kappa shape index (κ3) is 6.93. The van der Waals surface area contributed by atoms with Gasteiger partial charge in [-0.15, -0.1) is 24.0 Å². The van der Waals surface area contributed by atoms with Gasteiger partial charge < -0.3 is 20.3 Å². The highest BCUT2D eigenvalue weighted by Crippen LogP contribution is 2.23. The average Bonchev–Trinajstić information content (AvgIpc) is 3.39. The van der Waals surface area contributed by atoms with E-state index in [0.29, 0.717) is 42.2 Å². The highest BCUT2D eigenvalue weighted by atomic mass is 127. The Bertz CT molecular complexity index is 929. The number of benzene rings is 1. The number of aromatic nitrogens is 2. The summed E-state index contributed by atoms with van der Waals surface area (Å²) in [5, 5.41) is 25.6. The van der Waals surface area contributed by atoms with Crippen LogP contribution in [-0.4, -0.2) is 40.8 Å². The van der Waals surface area contributed by atoms with E-state index in [0.717, 1.165) is 11.1 Å². The molecule has 2 heterocycles. The molecule has 10 heteroatoms. The molecule has 1 atom stereocenters. The van der Waals surface area contributed by atoms with E-state index in [4.69, 9.17) is 16.1 Å². The van der Waals surface area contributed by atoms with E-state index in [9.17, 15) is 5.11 Å². The molecule has 0 radical (unpaired) electrons. The largest absolute Gasteiger partial charge is 0.383 e. The van der Waals surface area contributed by atoms with Crippen molar-refractivity contribution < 1.29 is 9.63 Å². The molecule has 3 rings (SSSR count). The zero-order chi connectivity index (χ0) is 20.7. The van der Waals surface area contributed by atoms with Crippen molar-refractivity contribution in [2.24, 2.45) is 4.99 Å². The van der Waals surface area contributed by atoms with E-state index in [-0.39, 0.29) is 30.5 Å². The van der Waals surface area contributed by atoms with Gasteiger partial charge in [-0.3, -0.25) is 0 Å². The van der Waals surface area contributed by atoms with Crippen molar-refractivity contribution in [3.05, 3.63) is 57.6 Å². The van der Waals surface area contributed by atoms with Crippen LogP contribution in [0, 0.1) is 0 Å². The van der Waals surface area contributed by atoms with Crippen LogP contribution < -0.4 is 10.6 Å². The third-order valence-corrected chi connectivity index (χ3v) is 5.17. The van der Waals surface area contributed by atoms with Crippen molar-refractivity contribution in [2.75, 3.05) is 19.6 Å². The van der Waals surface area contributed by atoms with E-state index in [1.807, 2.05) is 35.9 Å². The molecule has 0 aliphatic rings. The summed E-state index contributed by atoms with van der Waals surface area (Å²) in [4.78, 5) is 8.92. The number of halogens is 2. The Balaban J connectivity index is 0.00000320. The summed E-state index contributed by atoms with van der Waals surface area (Å²) in [6.07, 6.45) is 0.548. The van der Waals surface area contributed by atoms with E-state index in [2.05, 4.69) is 25.8 Å². The van der Waals surface area contributed by atoms with Crippen molar-refractivity contribution in [3.63, 3.8) is 0 Å². The molecule has 0 spiro atoms. The summed E-state index contributed by atoms with van der Waals surface area (Å²) in [6.45, 7) is 5.28. The van der Waals surface area contributed by atoms with Gasteiger partial charge in [0.2, 0.25) is 11.7 Å². The van der Waals surface area contributed by atoms with Gasteiger partial charge in [0.05, 0.1) is 6.54 Å². The number of aliphatic hydroxyl groups is 1. The molecule has 3 aromatic rings. The summed E-state index contributed by atoms with van der Waals surface area (Å²) < 4.78 is 5.32. The van der Waals surface area contributed by atoms with Crippen molar-refractivity contribution >= 4 is 52.9 Å². The number of guanidine groups is 1. The molecule has 0 aliphatic heterocycles. The van der Waals surface area contributed by atoms with E-state index >= 15 is 0 Å². The molecule has 0 saturated carbocycles. The normalized spacial score (nSPS) is 13.4. The Kier molecular flexibility index (Phi) is 9.53. The summed E-state index contributed by atoms with van der Waals surface area (Å²) in [5.41, 5.74) is 0.702. The van der Waals surface area contributed by atoms with Crippen LogP contribution in [0.4, 0.5) is 0 Å². The molecule has 2 aromatic heterocycles. The maximum absolute atomic E-state index is 10.6. The molecule has 0 fully saturated rings. The fraction of sp³-hybridized carbons (Fsp3) is 0.350. The molecule has 30 heavy (non-hydrogen) atoms. The van der Waals surface area contributed by atoms with Crippen LogP contribution in [-0.2, 0) is 12.0 Å². The van der Waals surface area contributed by atoms with Crippen molar-refractivity contribution in [2.45, 2.75) is 25.9 Å². The van der Waals surface area contributed by atoms with E-state index in [1.165, 1.54) is 0 Å². The van der Waals surface area contributed by atoms with Crippen LogP contribution in [0.25, 0.3) is 11.4 Å². The summed E-state index contributed by atoms with van der Waals surface area (Å²) in [6, 6.07) is 9.20. The zero-order valence-corrected chi connectivity index (χ0v) is 20.7. The van der Waals surface area contributed by atoms with Gasteiger partial charge in [0, 0.05) is 30.1 Å². The van der Waals surface area contributed by atoms with Gasteiger partial charge >= 0.3 is 0 Å². The summed E-state index contributed by atoms with van der Waals surface area (Å²) in [5.74, 6) is 1.69. The molecule has 1 unspecified atom stereocenters. The van der Waals surface area contributed by atoms with Crippen LogP contribution in [0.1, 0.15) is 25.3 Å². The first-order valence-electron chi connectivity index (χ1n) is 9.33. The number of rotatable bonds is 8. The van der Waals surface area contributed by atoms with Crippen LogP contribution in [0.15, 0.2) is 50.6 Å². The van der Waals surface area contributed by atoms with Crippen molar-refractivity contribution in [1.29, 1.82) is 0 Å². The first kappa shape index (κ1) is 24.6. The average molecular weight is 562 g/mol. The van der Waals surface area contributed by atoms with E-state index in [1.54, 1.807) is 30.4 Å². The zero-order valence-electron chi connectivity index (χ0n) is 16.8. The predicted octanol–water partition coefficient (Wildman–Crippen LogP) is 4.07. The second-order valence-electron chi connectivity index (χ2n) is 6.68. The summed E-state index contributed by atoms with van der Waals surface area (Å²) >= 11 is 7.46. The van der Waals surface area contributed by atoms with Gasteiger partial charge in [-0.1, -0.05) is 16.8 Å². The quantitative estimate of drug-likeness (QED) is 0.218. The lowest BCUT2D eigenvalue weighted by atomic mass is 10.00. The SMILES string of the molecule is CCNC(=NCC(C)(O)c1ccsc1)NCCc1nc(-c2ccc(Cl)cc2)no1.I. The van der Waals surface area contributed by atoms with Gasteiger partial charge in [-0.2, -0.15) is 16.3 Å². The van der Waals surface area contributed by atoms with Gasteiger partial charge in [-0.25, -0.2) is 4.99 Å². The van der Waals surface area contributed by atoms with Gasteiger partial charge in [0.15, 0.2) is 5.96 Å². The van der Waals surface area contributed by atoms with Crippen LogP contribution >= 0.6 is 46.9 Å². The lowest BCUT2D eigenvalue weighted by molar-refractivity contribution is 0.0677.